The molecular formula is C12H20N2O2. The van der Waals surface area contributed by atoms with Crippen LogP contribution in [0.3, 0.4) is 0 Å². The van der Waals surface area contributed by atoms with E-state index in [4.69, 9.17) is 4.52 Å². The molecule has 16 heavy (non-hydrogen) atoms. The lowest BCUT2D eigenvalue weighted by atomic mass is 10.1. The molecule has 0 aromatic carbocycles. The van der Waals surface area contributed by atoms with E-state index in [0.29, 0.717) is 11.6 Å². The molecule has 4 heteroatoms. The zero-order valence-corrected chi connectivity index (χ0v) is 10.4. The Hall–Kier alpha value is -1.32. The first-order valence-electron chi connectivity index (χ1n) is 5.79. The summed E-state index contributed by atoms with van der Waals surface area (Å²) in [5, 5.41) is 6.62. The number of hydrogen-bond donors (Lipinski definition) is 1. The fourth-order valence-corrected chi connectivity index (χ4v) is 1.32. The monoisotopic (exact) mass is 224 g/mol. The third kappa shape index (κ3) is 3.68. The van der Waals surface area contributed by atoms with Gasteiger partial charge in [-0.1, -0.05) is 25.9 Å². The van der Waals surface area contributed by atoms with Crippen LogP contribution in [0.4, 0.5) is 0 Å². The predicted octanol–water partition coefficient (Wildman–Crippen LogP) is 2.40. The third-order valence-corrected chi connectivity index (χ3v) is 2.39. The summed E-state index contributed by atoms with van der Waals surface area (Å²) < 4.78 is 5.10. The number of carbonyl (C=O) groups is 1. The topological polar surface area (TPSA) is 55.1 Å². The second-order valence-electron chi connectivity index (χ2n) is 4.56. The highest BCUT2D eigenvalue weighted by molar-refractivity contribution is 5.92. The molecule has 0 aliphatic carbocycles. The van der Waals surface area contributed by atoms with Crippen LogP contribution >= 0.6 is 0 Å². The van der Waals surface area contributed by atoms with Crippen molar-refractivity contribution in [3.8, 4) is 0 Å². The van der Waals surface area contributed by atoms with Crippen molar-refractivity contribution in [3.05, 3.63) is 17.5 Å². The maximum atomic E-state index is 11.7. The van der Waals surface area contributed by atoms with E-state index in [1.165, 1.54) is 0 Å². The van der Waals surface area contributed by atoms with Crippen molar-refractivity contribution in [2.24, 2.45) is 5.92 Å². The van der Waals surface area contributed by atoms with Gasteiger partial charge in [0.25, 0.3) is 5.91 Å². The Morgan fingerprint density at radius 1 is 1.50 bits per heavy atom. The van der Waals surface area contributed by atoms with Crippen LogP contribution in [0.25, 0.3) is 0 Å². The second kappa shape index (κ2) is 5.68. The van der Waals surface area contributed by atoms with Gasteiger partial charge in [-0.2, -0.15) is 0 Å². The normalized spacial score (nSPS) is 12.8. The van der Waals surface area contributed by atoms with E-state index < -0.39 is 0 Å². The van der Waals surface area contributed by atoms with E-state index in [1.807, 2.05) is 13.8 Å². The summed E-state index contributed by atoms with van der Waals surface area (Å²) in [5.41, 5.74) is 0.371. The highest BCUT2D eigenvalue weighted by Gasteiger charge is 2.14. The molecule has 1 N–H and O–H groups in total. The average molecular weight is 224 g/mol. The zero-order valence-electron chi connectivity index (χ0n) is 10.4. The predicted molar refractivity (Wildman–Crippen MR) is 62.3 cm³/mol. The van der Waals surface area contributed by atoms with Crippen molar-refractivity contribution in [2.75, 3.05) is 0 Å². The van der Waals surface area contributed by atoms with Crippen LogP contribution < -0.4 is 5.32 Å². The highest BCUT2D eigenvalue weighted by atomic mass is 16.5. The van der Waals surface area contributed by atoms with Gasteiger partial charge in [0, 0.05) is 18.5 Å². The maximum Gasteiger partial charge on any atom is 0.273 e. The molecule has 1 aromatic rings. The maximum absolute atomic E-state index is 11.7. The average Bonchev–Trinajstić information content (AvgIpc) is 2.65. The van der Waals surface area contributed by atoms with Crippen molar-refractivity contribution in [1.29, 1.82) is 0 Å². The first-order chi connectivity index (χ1) is 7.52. The van der Waals surface area contributed by atoms with Gasteiger partial charge in [0.1, 0.15) is 5.76 Å². The van der Waals surface area contributed by atoms with E-state index >= 15 is 0 Å². The van der Waals surface area contributed by atoms with Gasteiger partial charge in [-0.3, -0.25) is 4.79 Å². The number of nitrogens with one attached hydrogen (secondary N) is 1. The summed E-state index contributed by atoms with van der Waals surface area (Å²) >= 11 is 0. The number of carbonyl (C=O) groups excluding carboxylic acids is 1. The molecule has 0 saturated heterocycles. The molecule has 90 valence electrons. The molecule has 0 radical (unpaired) electrons. The van der Waals surface area contributed by atoms with E-state index in [-0.39, 0.29) is 11.9 Å². The van der Waals surface area contributed by atoms with Crippen molar-refractivity contribution in [2.45, 2.75) is 46.6 Å². The molecule has 0 aliphatic heterocycles. The van der Waals surface area contributed by atoms with Crippen LogP contribution in [0, 0.1) is 5.92 Å². The highest BCUT2D eigenvalue weighted by Crippen LogP contribution is 2.09. The SMILES string of the molecule is CC[C@@H](C)NC(=O)c1cc(CC(C)C)on1. The van der Waals surface area contributed by atoms with Crippen LogP contribution in [0.2, 0.25) is 0 Å². The molecule has 0 bridgehead atoms. The van der Waals surface area contributed by atoms with Gasteiger partial charge in [0.05, 0.1) is 0 Å². The molecule has 0 aliphatic rings. The molecule has 0 spiro atoms. The molecule has 0 fully saturated rings. The zero-order chi connectivity index (χ0) is 12.1. The Labute approximate surface area is 96.4 Å². The number of hydrogen-bond acceptors (Lipinski definition) is 3. The Balaban J connectivity index is 2.59. The molecule has 1 aromatic heterocycles. The summed E-state index contributed by atoms with van der Waals surface area (Å²) in [6.45, 7) is 8.19. The summed E-state index contributed by atoms with van der Waals surface area (Å²) in [6, 6.07) is 1.88. The molecule has 0 unspecified atom stereocenters. The molecule has 1 amide bonds. The number of nitrogens with zero attached hydrogens (tertiary/aromatic N) is 1. The molecular weight excluding hydrogens is 204 g/mol. The lowest BCUT2D eigenvalue weighted by Crippen LogP contribution is -2.32. The van der Waals surface area contributed by atoms with E-state index in [9.17, 15) is 4.79 Å². The minimum atomic E-state index is -0.159. The quantitative estimate of drug-likeness (QED) is 0.835. The third-order valence-electron chi connectivity index (χ3n) is 2.39. The summed E-state index contributed by atoms with van der Waals surface area (Å²) in [4.78, 5) is 11.7. The fourth-order valence-electron chi connectivity index (χ4n) is 1.32. The first-order valence-corrected chi connectivity index (χ1v) is 5.79. The van der Waals surface area contributed by atoms with E-state index in [1.54, 1.807) is 6.07 Å². The minimum Gasteiger partial charge on any atom is -0.361 e. The summed E-state index contributed by atoms with van der Waals surface area (Å²) in [7, 11) is 0. The Bertz CT molecular complexity index is 345. The van der Waals surface area contributed by atoms with Crippen LogP contribution in [0.15, 0.2) is 10.6 Å². The van der Waals surface area contributed by atoms with E-state index in [0.717, 1.165) is 18.6 Å². The van der Waals surface area contributed by atoms with Crippen LogP contribution in [-0.4, -0.2) is 17.1 Å². The smallest absolute Gasteiger partial charge is 0.273 e. The van der Waals surface area contributed by atoms with Crippen LogP contribution in [0.5, 0.6) is 0 Å². The van der Waals surface area contributed by atoms with Gasteiger partial charge in [-0.05, 0) is 19.3 Å². The number of rotatable bonds is 5. The first kappa shape index (κ1) is 12.7. The number of amides is 1. The van der Waals surface area contributed by atoms with Crippen LogP contribution in [0.1, 0.15) is 50.4 Å². The Kier molecular flexibility index (Phi) is 4.52. The van der Waals surface area contributed by atoms with Crippen molar-refractivity contribution >= 4 is 5.91 Å². The Morgan fingerprint density at radius 3 is 2.75 bits per heavy atom. The van der Waals surface area contributed by atoms with Gasteiger partial charge in [0.15, 0.2) is 5.69 Å². The molecule has 4 nitrogen and oxygen atoms in total. The molecule has 0 saturated carbocycles. The van der Waals surface area contributed by atoms with Gasteiger partial charge in [0.2, 0.25) is 0 Å². The molecule has 1 rings (SSSR count). The van der Waals surface area contributed by atoms with Gasteiger partial charge >= 0.3 is 0 Å². The summed E-state index contributed by atoms with van der Waals surface area (Å²) in [5.74, 6) is 1.11. The summed E-state index contributed by atoms with van der Waals surface area (Å²) in [6.07, 6.45) is 1.71. The second-order valence-corrected chi connectivity index (χ2v) is 4.56. The lowest BCUT2D eigenvalue weighted by Gasteiger charge is -2.08. The van der Waals surface area contributed by atoms with Crippen molar-refractivity contribution < 1.29 is 9.32 Å². The van der Waals surface area contributed by atoms with E-state index in [2.05, 4.69) is 24.3 Å². The molecule has 1 heterocycles. The largest absolute Gasteiger partial charge is 0.361 e. The minimum absolute atomic E-state index is 0.159. The van der Waals surface area contributed by atoms with Crippen molar-refractivity contribution in [3.63, 3.8) is 0 Å². The standard InChI is InChI=1S/C12H20N2O2/c1-5-9(4)13-12(15)11-7-10(16-14-11)6-8(2)3/h7-9H,5-6H2,1-4H3,(H,13,15)/t9-/m1/s1. The van der Waals surface area contributed by atoms with Gasteiger partial charge in [-0.15, -0.1) is 0 Å². The lowest BCUT2D eigenvalue weighted by molar-refractivity contribution is 0.0930. The fraction of sp³-hybridized carbons (Fsp3) is 0.667. The van der Waals surface area contributed by atoms with Gasteiger partial charge in [-0.25, -0.2) is 0 Å². The van der Waals surface area contributed by atoms with Crippen LogP contribution in [-0.2, 0) is 6.42 Å². The molecule has 1 atom stereocenters. The van der Waals surface area contributed by atoms with Gasteiger partial charge < -0.3 is 9.84 Å². The Morgan fingerprint density at radius 2 is 2.19 bits per heavy atom. The van der Waals surface area contributed by atoms with Crippen molar-refractivity contribution in [1.82, 2.24) is 10.5 Å². The number of aromatic nitrogens is 1.